The minimum absolute atomic E-state index is 0.00296. The lowest BCUT2D eigenvalue weighted by molar-refractivity contribution is 0.00578. The first-order chi connectivity index (χ1) is 11.1. The average molecular weight is 337 g/mol. The topological polar surface area (TPSA) is 47.6 Å². The van der Waals surface area contributed by atoms with Crippen LogP contribution in [0.1, 0.15) is 57.3 Å². The van der Waals surface area contributed by atoms with Gasteiger partial charge in [-0.3, -0.25) is 4.79 Å². The molecule has 1 N–H and O–H groups in total. The molecule has 0 unspecified atom stereocenters. The number of hydrogen-bond donors (Lipinski definition) is 1. The Hall–Kier alpha value is -1.47. The number of rotatable bonds is 3. The number of carbonyl (C=O) groups excluding carboxylic acids is 1. The van der Waals surface area contributed by atoms with Crippen molar-refractivity contribution in [2.45, 2.75) is 64.2 Å². The van der Waals surface area contributed by atoms with Crippen LogP contribution in [0.15, 0.2) is 12.1 Å². The van der Waals surface area contributed by atoms with Crippen molar-refractivity contribution in [3.8, 4) is 0 Å². The molecule has 3 rings (SSSR count). The van der Waals surface area contributed by atoms with Crippen LogP contribution in [0.5, 0.6) is 0 Å². The van der Waals surface area contributed by atoms with Crippen LogP contribution in [0.3, 0.4) is 0 Å². The fraction of sp³-hybridized carbons (Fsp3) is 0.588. The molecule has 0 atom stereocenters. The van der Waals surface area contributed by atoms with E-state index in [1.165, 1.54) is 6.07 Å². The minimum Gasteiger partial charge on any atom is -0.399 e. The summed E-state index contributed by atoms with van der Waals surface area (Å²) in [5.74, 6) is -2.54. The molecule has 1 aromatic carbocycles. The molecule has 0 spiro atoms. The molecule has 1 aromatic rings. The summed E-state index contributed by atoms with van der Waals surface area (Å²) < 4.78 is 40.5. The Kier molecular flexibility index (Phi) is 4.20. The molecule has 1 saturated heterocycles. The van der Waals surface area contributed by atoms with Gasteiger partial charge >= 0.3 is 7.12 Å². The van der Waals surface area contributed by atoms with Gasteiger partial charge in [0.15, 0.2) is 0 Å². The van der Waals surface area contributed by atoms with Gasteiger partial charge in [0, 0.05) is 11.5 Å². The van der Waals surface area contributed by atoms with Gasteiger partial charge in [-0.15, -0.1) is 0 Å². The number of benzene rings is 1. The highest BCUT2D eigenvalue weighted by molar-refractivity contribution is 6.62. The fourth-order valence-electron chi connectivity index (χ4n) is 2.74. The largest absolute Gasteiger partial charge is 0.497 e. The van der Waals surface area contributed by atoms with Gasteiger partial charge in [-0.25, -0.2) is 8.78 Å². The number of carbonyl (C=O) groups is 1. The highest BCUT2D eigenvalue weighted by Gasteiger charge is 2.52. The van der Waals surface area contributed by atoms with Crippen LogP contribution in [-0.4, -0.2) is 30.3 Å². The van der Waals surface area contributed by atoms with E-state index < -0.39 is 41.4 Å². The van der Waals surface area contributed by atoms with Gasteiger partial charge in [-0.2, -0.15) is 0 Å². The minimum atomic E-state index is -0.981. The Balaban J connectivity index is 1.90. The van der Waals surface area contributed by atoms with Crippen molar-refractivity contribution < 1.29 is 22.9 Å². The molecule has 1 aliphatic heterocycles. The van der Waals surface area contributed by atoms with Gasteiger partial charge in [0.1, 0.15) is 17.2 Å². The van der Waals surface area contributed by atoms with Crippen LogP contribution in [0.2, 0.25) is 0 Å². The highest BCUT2D eigenvalue weighted by atomic mass is 19.1. The normalized spacial score (nSPS) is 22.3. The Labute approximate surface area is 141 Å². The molecule has 7 heteroatoms. The second-order valence-electron chi connectivity index (χ2n) is 7.52. The molecule has 1 amide bonds. The van der Waals surface area contributed by atoms with Crippen LogP contribution in [0.25, 0.3) is 0 Å². The summed E-state index contributed by atoms with van der Waals surface area (Å²) in [6.07, 6.45) is 2.70. The summed E-state index contributed by atoms with van der Waals surface area (Å²) in [5.41, 5.74) is -1.83. The second kappa shape index (κ2) is 5.81. The van der Waals surface area contributed by atoms with Crippen LogP contribution in [-0.2, 0) is 9.31 Å². The van der Waals surface area contributed by atoms with E-state index in [1.807, 2.05) is 27.7 Å². The molecule has 0 radical (unpaired) electrons. The predicted octanol–water partition coefficient (Wildman–Crippen LogP) is 2.55. The third kappa shape index (κ3) is 2.84. The standard InChI is InChI=1S/C17H22BF2NO3/c1-16(2)17(3,4)24-18(23-16)11-8-9-12(19)13(14(11)20)15(22)21-10-6-5-7-10/h8-10H,5-7H2,1-4H3,(H,21,22). The SMILES string of the molecule is CC1(C)OB(c2ccc(F)c(C(=O)NC3CCC3)c2F)OC1(C)C. The maximum atomic E-state index is 14.9. The van der Waals surface area contributed by atoms with E-state index in [1.54, 1.807) is 0 Å². The summed E-state index contributed by atoms with van der Waals surface area (Å²) in [4.78, 5) is 12.2. The van der Waals surface area contributed by atoms with Crippen LogP contribution >= 0.6 is 0 Å². The van der Waals surface area contributed by atoms with Crippen LogP contribution < -0.4 is 10.8 Å². The highest BCUT2D eigenvalue weighted by Crippen LogP contribution is 2.36. The lowest BCUT2D eigenvalue weighted by atomic mass is 9.77. The summed E-state index contributed by atoms with van der Waals surface area (Å²) >= 11 is 0. The van der Waals surface area contributed by atoms with Gasteiger partial charge < -0.3 is 14.6 Å². The van der Waals surface area contributed by atoms with E-state index in [0.29, 0.717) is 0 Å². The third-order valence-electron chi connectivity index (χ3n) is 5.30. The van der Waals surface area contributed by atoms with E-state index in [-0.39, 0.29) is 11.5 Å². The van der Waals surface area contributed by atoms with Gasteiger partial charge in [-0.05, 0) is 53.0 Å². The molecule has 0 bridgehead atoms. The van der Waals surface area contributed by atoms with Gasteiger partial charge in [0.05, 0.1) is 11.2 Å². The molecule has 24 heavy (non-hydrogen) atoms. The maximum Gasteiger partial charge on any atom is 0.497 e. The van der Waals surface area contributed by atoms with E-state index in [0.717, 1.165) is 25.3 Å². The molecule has 2 aliphatic rings. The first-order valence-corrected chi connectivity index (χ1v) is 8.27. The molecule has 2 fully saturated rings. The van der Waals surface area contributed by atoms with E-state index in [9.17, 15) is 13.6 Å². The van der Waals surface area contributed by atoms with E-state index in [4.69, 9.17) is 9.31 Å². The number of amides is 1. The zero-order valence-corrected chi connectivity index (χ0v) is 14.4. The van der Waals surface area contributed by atoms with Crippen molar-refractivity contribution in [2.75, 3.05) is 0 Å². The molecule has 130 valence electrons. The first kappa shape index (κ1) is 17.4. The van der Waals surface area contributed by atoms with Crippen molar-refractivity contribution >= 4 is 18.5 Å². The quantitative estimate of drug-likeness (QED) is 0.863. The molecule has 1 saturated carbocycles. The van der Waals surface area contributed by atoms with Gasteiger partial charge in [-0.1, -0.05) is 6.07 Å². The Morgan fingerprint density at radius 2 is 1.75 bits per heavy atom. The smallest absolute Gasteiger partial charge is 0.399 e. The van der Waals surface area contributed by atoms with Crippen molar-refractivity contribution in [2.24, 2.45) is 0 Å². The van der Waals surface area contributed by atoms with E-state index >= 15 is 0 Å². The summed E-state index contributed by atoms with van der Waals surface area (Å²) in [6, 6.07) is 2.35. The number of halogens is 2. The zero-order valence-electron chi connectivity index (χ0n) is 14.4. The van der Waals surface area contributed by atoms with Gasteiger partial charge in [0.2, 0.25) is 0 Å². The monoisotopic (exact) mass is 337 g/mol. The van der Waals surface area contributed by atoms with Gasteiger partial charge in [0.25, 0.3) is 5.91 Å². The third-order valence-corrected chi connectivity index (χ3v) is 5.30. The van der Waals surface area contributed by atoms with Crippen molar-refractivity contribution in [1.82, 2.24) is 5.32 Å². The maximum absolute atomic E-state index is 14.9. The lowest BCUT2D eigenvalue weighted by Gasteiger charge is -2.32. The van der Waals surface area contributed by atoms with Crippen LogP contribution in [0, 0.1) is 11.6 Å². The average Bonchev–Trinajstić information content (AvgIpc) is 2.62. The molecular formula is C17H22BF2NO3. The van der Waals surface area contributed by atoms with Crippen molar-refractivity contribution in [3.63, 3.8) is 0 Å². The molecule has 0 aromatic heterocycles. The Morgan fingerprint density at radius 3 is 2.25 bits per heavy atom. The number of hydrogen-bond acceptors (Lipinski definition) is 3. The fourth-order valence-corrected chi connectivity index (χ4v) is 2.74. The molecule has 4 nitrogen and oxygen atoms in total. The van der Waals surface area contributed by atoms with Crippen LogP contribution in [0.4, 0.5) is 8.78 Å². The summed E-state index contributed by atoms with van der Waals surface area (Å²) in [7, 11) is -0.981. The molecule has 1 aliphatic carbocycles. The summed E-state index contributed by atoms with van der Waals surface area (Å²) in [6.45, 7) is 7.38. The molecule has 1 heterocycles. The zero-order chi connectivity index (χ0) is 17.7. The van der Waals surface area contributed by atoms with E-state index in [2.05, 4.69) is 5.32 Å². The molecular weight excluding hydrogens is 315 g/mol. The number of nitrogens with one attached hydrogen (secondary N) is 1. The Morgan fingerprint density at radius 1 is 1.17 bits per heavy atom. The predicted molar refractivity (Wildman–Crippen MR) is 87.2 cm³/mol. The van der Waals surface area contributed by atoms with Crippen molar-refractivity contribution in [3.05, 3.63) is 29.3 Å². The lowest BCUT2D eigenvalue weighted by Crippen LogP contribution is -2.42. The second-order valence-corrected chi connectivity index (χ2v) is 7.52. The Bertz CT molecular complexity index is 658. The summed E-state index contributed by atoms with van der Waals surface area (Å²) in [5, 5.41) is 2.66. The first-order valence-electron chi connectivity index (χ1n) is 8.27. The van der Waals surface area contributed by atoms with Crippen molar-refractivity contribution in [1.29, 1.82) is 0 Å².